The van der Waals surface area contributed by atoms with E-state index in [1.165, 1.54) is 0 Å². The Bertz CT molecular complexity index is 718. The Morgan fingerprint density at radius 3 is 2.50 bits per heavy atom. The molecule has 0 radical (unpaired) electrons. The number of hydrogen-bond acceptors (Lipinski definition) is 4. The fraction of sp³-hybridized carbons (Fsp3) is 0.526. The fourth-order valence-corrected chi connectivity index (χ4v) is 2.68. The van der Waals surface area contributed by atoms with Crippen molar-refractivity contribution >= 4 is 16.9 Å². The van der Waals surface area contributed by atoms with Crippen molar-refractivity contribution in [2.24, 2.45) is 5.92 Å². The van der Waals surface area contributed by atoms with E-state index in [4.69, 9.17) is 9.15 Å². The molecule has 1 amide bonds. The summed E-state index contributed by atoms with van der Waals surface area (Å²) in [6.45, 7) is 10.9. The first kappa shape index (κ1) is 18.5. The lowest BCUT2D eigenvalue weighted by Gasteiger charge is -2.13. The predicted octanol–water partition coefficient (Wildman–Crippen LogP) is 3.12. The summed E-state index contributed by atoms with van der Waals surface area (Å²) in [7, 11) is 0. The third-order valence-corrected chi connectivity index (χ3v) is 3.95. The number of furan rings is 1. The number of aliphatic hydroxyl groups excluding tert-OH is 1. The molecule has 0 fully saturated rings. The number of aryl methyl sites for hydroxylation is 3. The number of fused-ring (bicyclic) bond motifs is 1. The fourth-order valence-electron chi connectivity index (χ4n) is 2.68. The first-order chi connectivity index (χ1) is 11.3. The Morgan fingerprint density at radius 2 is 1.88 bits per heavy atom. The molecule has 0 aliphatic carbocycles. The molecule has 24 heavy (non-hydrogen) atoms. The summed E-state index contributed by atoms with van der Waals surface area (Å²) in [4.78, 5) is 12.4. The van der Waals surface area contributed by atoms with Crippen LogP contribution in [-0.4, -0.2) is 36.9 Å². The third kappa shape index (κ3) is 4.16. The summed E-state index contributed by atoms with van der Waals surface area (Å²) in [5.41, 5.74) is 3.66. The molecule has 2 aromatic rings. The van der Waals surface area contributed by atoms with Gasteiger partial charge in [-0.25, -0.2) is 0 Å². The number of carbonyl (C=O) groups is 1. The van der Waals surface area contributed by atoms with Crippen molar-refractivity contribution in [3.63, 3.8) is 0 Å². The Labute approximate surface area is 143 Å². The predicted molar refractivity (Wildman–Crippen MR) is 94.4 cm³/mol. The van der Waals surface area contributed by atoms with Gasteiger partial charge < -0.3 is 19.6 Å². The van der Waals surface area contributed by atoms with Gasteiger partial charge in [-0.3, -0.25) is 4.79 Å². The number of hydrogen-bond donors (Lipinski definition) is 2. The standard InChI is InChI=1S/C19H27NO4/c1-11(2)9-23-10-15(21)8-20-19(22)18-14(5)16-12(3)6-7-13(4)17(16)24-18/h6-7,11,15,21H,8-10H2,1-5H3,(H,20,22). The van der Waals surface area contributed by atoms with E-state index in [9.17, 15) is 9.90 Å². The van der Waals surface area contributed by atoms with Crippen LogP contribution < -0.4 is 5.32 Å². The highest BCUT2D eigenvalue weighted by Gasteiger charge is 2.20. The molecule has 1 atom stereocenters. The molecule has 1 aromatic heterocycles. The molecular formula is C19H27NO4. The van der Waals surface area contributed by atoms with Crippen LogP contribution in [0.25, 0.3) is 11.0 Å². The molecule has 1 unspecified atom stereocenters. The maximum atomic E-state index is 12.4. The van der Waals surface area contributed by atoms with Crippen molar-refractivity contribution in [1.82, 2.24) is 5.32 Å². The van der Waals surface area contributed by atoms with Gasteiger partial charge in [-0.2, -0.15) is 0 Å². The number of ether oxygens (including phenoxy) is 1. The number of carbonyl (C=O) groups excluding carboxylic acids is 1. The zero-order chi connectivity index (χ0) is 17.9. The quantitative estimate of drug-likeness (QED) is 0.816. The van der Waals surface area contributed by atoms with Crippen LogP contribution in [0, 0.1) is 26.7 Å². The summed E-state index contributed by atoms with van der Waals surface area (Å²) < 4.78 is 11.2. The van der Waals surface area contributed by atoms with Crippen molar-refractivity contribution in [3.05, 3.63) is 34.6 Å². The molecule has 0 aliphatic rings. The Morgan fingerprint density at radius 1 is 1.21 bits per heavy atom. The lowest BCUT2D eigenvalue weighted by molar-refractivity contribution is 0.0257. The Hall–Kier alpha value is -1.85. The normalized spacial score (nSPS) is 12.8. The number of amides is 1. The zero-order valence-electron chi connectivity index (χ0n) is 15.1. The molecule has 0 spiro atoms. The van der Waals surface area contributed by atoms with Crippen molar-refractivity contribution in [3.8, 4) is 0 Å². The largest absolute Gasteiger partial charge is 0.450 e. The second-order valence-electron chi connectivity index (χ2n) is 6.75. The summed E-state index contributed by atoms with van der Waals surface area (Å²) in [5, 5.41) is 13.6. The van der Waals surface area contributed by atoms with Crippen LogP contribution in [0.4, 0.5) is 0 Å². The number of rotatable bonds is 7. The molecule has 0 saturated carbocycles. The van der Waals surface area contributed by atoms with Crippen molar-refractivity contribution < 1.29 is 19.1 Å². The van der Waals surface area contributed by atoms with Gasteiger partial charge in [0.15, 0.2) is 5.76 Å². The summed E-state index contributed by atoms with van der Waals surface area (Å²) in [5.74, 6) is 0.402. The molecule has 2 N–H and O–H groups in total. The van der Waals surface area contributed by atoms with Crippen LogP contribution in [0.5, 0.6) is 0 Å². The van der Waals surface area contributed by atoms with Gasteiger partial charge in [0, 0.05) is 24.1 Å². The highest BCUT2D eigenvalue weighted by atomic mass is 16.5. The minimum absolute atomic E-state index is 0.130. The third-order valence-electron chi connectivity index (χ3n) is 3.95. The van der Waals surface area contributed by atoms with Crippen LogP contribution >= 0.6 is 0 Å². The van der Waals surface area contributed by atoms with Gasteiger partial charge in [0.2, 0.25) is 0 Å². The lowest BCUT2D eigenvalue weighted by Crippen LogP contribution is -2.34. The van der Waals surface area contributed by atoms with E-state index in [0.717, 1.165) is 27.7 Å². The van der Waals surface area contributed by atoms with E-state index in [-0.39, 0.29) is 19.1 Å². The molecule has 1 aromatic carbocycles. The first-order valence-corrected chi connectivity index (χ1v) is 8.34. The molecule has 2 rings (SSSR count). The van der Waals surface area contributed by atoms with Gasteiger partial charge in [-0.05, 0) is 37.8 Å². The average molecular weight is 333 g/mol. The molecule has 5 nitrogen and oxygen atoms in total. The molecule has 5 heteroatoms. The Balaban J connectivity index is 2.03. The van der Waals surface area contributed by atoms with E-state index >= 15 is 0 Å². The number of nitrogens with one attached hydrogen (secondary N) is 1. The van der Waals surface area contributed by atoms with Crippen LogP contribution in [0.1, 0.15) is 41.1 Å². The highest BCUT2D eigenvalue weighted by Crippen LogP contribution is 2.30. The maximum absolute atomic E-state index is 12.4. The van der Waals surface area contributed by atoms with Gasteiger partial charge in [0.1, 0.15) is 5.58 Å². The van der Waals surface area contributed by atoms with Gasteiger partial charge in [0.05, 0.1) is 12.7 Å². The van der Waals surface area contributed by atoms with E-state index in [1.54, 1.807) is 0 Å². The van der Waals surface area contributed by atoms with Crippen LogP contribution in [-0.2, 0) is 4.74 Å². The van der Waals surface area contributed by atoms with Crippen LogP contribution in [0.15, 0.2) is 16.5 Å². The number of benzene rings is 1. The molecular weight excluding hydrogens is 306 g/mol. The number of aliphatic hydroxyl groups is 1. The minimum atomic E-state index is -0.735. The zero-order valence-corrected chi connectivity index (χ0v) is 15.1. The second-order valence-corrected chi connectivity index (χ2v) is 6.75. The minimum Gasteiger partial charge on any atom is -0.450 e. The molecule has 0 bridgehead atoms. The summed E-state index contributed by atoms with van der Waals surface area (Å²) in [6, 6.07) is 4.01. The summed E-state index contributed by atoms with van der Waals surface area (Å²) in [6.07, 6.45) is -0.735. The topological polar surface area (TPSA) is 71.7 Å². The smallest absolute Gasteiger partial charge is 0.287 e. The van der Waals surface area contributed by atoms with Gasteiger partial charge >= 0.3 is 0 Å². The SMILES string of the molecule is Cc1ccc(C)c2c(C)c(C(=O)NCC(O)COCC(C)C)oc12. The maximum Gasteiger partial charge on any atom is 0.287 e. The first-order valence-electron chi connectivity index (χ1n) is 8.34. The summed E-state index contributed by atoms with van der Waals surface area (Å²) >= 11 is 0. The molecule has 132 valence electrons. The second kappa shape index (κ2) is 7.81. The van der Waals surface area contributed by atoms with Crippen molar-refractivity contribution in [2.75, 3.05) is 19.8 Å². The van der Waals surface area contributed by atoms with E-state index < -0.39 is 6.10 Å². The van der Waals surface area contributed by atoms with E-state index in [2.05, 4.69) is 5.32 Å². The van der Waals surface area contributed by atoms with E-state index in [1.807, 2.05) is 46.8 Å². The van der Waals surface area contributed by atoms with Crippen molar-refractivity contribution in [1.29, 1.82) is 0 Å². The van der Waals surface area contributed by atoms with Gasteiger partial charge in [0.25, 0.3) is 5.91 Å². The molecule has 1 heterocycles. The molecule has 0 aliphatic heterocycles. The van der Waals surface area contributed by atoms with E-state index in [0.29, 0.717) is 18.3 Å². The molecule has 0 saturated heterocycles. The van der Waals surface area contributed by atoms with Crippen molar-refractivity contribution in [2.45, 2.75) is 40.7 Å². The lowest BCUT2D eigenvalue weighted by atomic mass is 10.0. The van der Waals surface area contributed by atoms with Crippen LogP contribution in [0.3, 0.4) is 0 Å². The Kier molecular flexibility index (Phi) is 6.02. The van der Waals surface area contributed by atoms with Crippen LogP contribution in [0.2, 0.25) is 0 Å². The van der Waals surface area contributed by atoms with Gasteiger partial charge in [-0.15, -0.1) is 0 Å². The monoisotopic (exact) mass is 333 g/mol. The average Bonchev–Trinajstić information content (AvgIpc) is 2.87. The van der Waals surface area contributed by atoms with Gasteiger partial charge in [-0.1, -0.05) is 26.0 Å². The highest BCUT2D eigenvalue weighted by molar-refractivity contribution is 6.00.